The quantitative estimate of drug-likeness (QED) is 0.809. The van der Waals surface area contributed by atoms with E-state index in [1.807, 2.05) is 6.92 Å². The molecule has 0 radical (unpaired) electrons. The molecule has 1 aromatic rings. The van der Waals surface area contributed by atoms with Crippen molar-refractivity contribution in [2.45, 2.75) is 26.3 Å². The van der Waals surface area contributed by atoms with E-state index in [4.69, 9.17) is 4.74 Å². The monoisotopic (exact) mass is 341 g/mol. The molecule has 2 amide bonds. The van der Waals surface area contributed by atoms with E-state index in [0.29, 0.717) is 26.3 Å². The molecule has 7 heteroatoms. The molecular weight excluding hydrogens is 316 g/mol. The van der Waals surface area contributed by atoms with Crippen LogP contribution >= 0.6 is 0 Å². The molecule has 1 atom stereocenters. The van der Waals surface area contributed by atoms with Gasteiger partial charge in [-0.2, -0.15) is 0 Å². The van der Waals surface area contributed by atoms with Gasteiger partial charge in [0.2, 0.25) is 0 Å². The van der Waals surface area contributed by atoms with Gasteiger partial charge >= 0.3 is 6.03 Å². The van der Waals surface area contributed by atoms with E-state index in [9.17, 15) is 13.6 Å². The molecule has 0 spiro atoms. The van der Waals surface area contributed by atoms with Crippen LogP contribution in [0, 0.1) is 11.6 Å². The lowest BCUT2D eigenvalue weighted by Crippen LogP contribution is -2.56. The lowest BCUT2D eigenvalue weighted by atomic mass is 10.1. The van der Waals surface area contributed by atoms with Crippen LogP contribution < -0.4 is 5.32 Å². The number of benzene rings is 1. The van der Waals surface area contributed by atoms with Gasteiger partial charge in [0.1, 0.15) is 17.3 Å². The van der Waals surface area contributed by atoms with Crippen LogP contribution in [0.1, 0.15) is 20.3 Å². The molecule has 0 saturated carbocycles. The molecule has 1 aliphatic rings. The van der Waals surface area contributed by atoms with Crippen LogP contribution in [0.4, 0.5) is 19.3 Å². The van der Waals surface area contributed by atoms with Crippen LogP contribution in [0.25, 0.3) is 0 Å². The highest BCUT2D eigenvalue weighted by atomic mass is 19.1. The Balaban J connectivity index is 1.94. The smallest absolute Gasteiger partial charge is 0.322 e. The summed E-state index contributed by atoms with van der Waals surface area (Å²) in [5.74, 6) is -1.54. The molecule has 1 saturated heterocycles. The molecule has 1 fully saturated rings. The minimum atomic E-state index is -0.772. The summed E-state index contributed by atoms with van der Waals surface area (Å²) in [6.07, 6.45) is 0.893. The number of hydrogen-bond acceptors (Lipinski definition) is 3. The lowest BCUT2D eigenvalue weighted by molar-refractivity contribution is 0.0544. The summed E-state index contributed by atoms with van der Waals surface area (Å²) < 4.78 is 32.7. The predicted molar refractivity (Wildman–Crippen MR) is 89.1 cm³/mol. The first-order valence-corrected chi connectivity index (χ1v) is 8.38. The van der Waals surface area contributed by atoms with Gasteiger partial charge in [-0.1, -0.05) is 13.0 Å². The number of hydrogen-bond donors (Lipinski definition) is 1. The Morgan fingerprint density at radius 2 is 2.00 bits per heavy atom. The largest absolute Gasteiger partial charge is 0.380 e. The second-order valence-electron chi connectivity index (χ2n) is 5.77. The van der Waals surface area contributed by atoms with Gasteiger partial charge < -0.3 is 15.0 Å². The third-order valence-corrected chi connectivity index (χ3v) is 4.28. The molecule has 0 bridgehead atoms. The zero-order valence-corrected chi connectivity index (χ0v) is 14.2. The summed E-state index contributed by atoms with van der Waals surface area (Å²) in [5.41, 5.74) is -0.394. The van der Waals surface area contributed by atoms with Gasteiger partial charge in [0.05, 0.1) is 6.61 Å². The fraction of sp³-hybridized carbons (Fsp3) is 0.588. The number of amides is 2. The molecule has 0 aliphatic carbocycles. The third-order valence-electron chi connectivity index (χ3n) is 4.28. The van der Waals surface area contributed by atoms with Gasteiger partial charge in [0, 0.05) is 38.8 Å². The minimum Gasteiger partial charge on any atom is -0.380 e. The minimum absolute atomic E-state index is 0.218. The zero-order valence-electron chi connectivity index (χ0n) is 14.2. The standard InChI is InChI=1S/C17H25F2N3O2/c1-3-13-12-22(9-8-21(13)10-11-24-4-2)17(23)20-16-14(18)6-5-7-15(16)19/h5-7,13H,3-4,8-12H2,1-2H3,(H,20,23). The summed E-state index contributed by atoms with van der Waals surface area (Å²) in [6.45, 7) is 7.97. The summed E-state index contributed by atoms with van der Waals surface area (Å²) in [6, 6.07) is 3.26. The predicted octanol–water partition coefficient (Wildman–Crippen LogP) is 2.93. The number of para-hydroxylation sites is 1. The van der Waals surface area contributed by atoms with Crippen molar-refractivity contribution >= 4 is 11.7 Å². The average Bonchev–Trinajstić information content (AvgIpc) is 2.58. The molecule has 1 N–H and O–H groups in total. The van der Waals surface area contributed by atoms with E-state index >= 15 is 0 Å². The van der Waals surface area contributed by atoms with Gasteiger partial charge in [-0.25, -0.2) is 13.6 Å². The molecule has 5 nitrogen and oxygen atoms in total. The Hall–Kier alpha value is -1.73. The third kappa shape index (κ3) is 4.64. The van der Waals surface area contributed by atoms with Crippen molar-refractivity contribution in [1.29, 1.82) is 0 Å². The van der Waals surface area contributed by atoms with Crippen LogP contribution in [0.3, 0.4) is 0 Å². The molecule has 1 heterocycles. The molecular formula is C17H25F2N3O2. The number of anilines is 1. The number of carbonyl (C=O) groups excluding carboxylic acids is 1. The number of carbonyl (C=O) groups is 1. The lowest BCUT2D eigenvalue weighted by Gasteiger charge is -2.41. The Kier molecular flexibility index (Phi) is 6.93. The van der Waals surface area contributed by atoms with Crippen molar-refractivity contribution in [1.82, 2.24) is 9.80 Å². The maximum absolute atomic E-state index is 13.7. The molecule has 2 rings (SSSR count). The van der Waals surface area contributed by atoms with E-state index < -0.39 is 23.4 Å². The van der Waals surface area contributed by atoms with Crippen LogP contribution in [0.2, 0.25) is 0 Å². The van der Waals surface area contributed by atoms with Crippen LogP contribution in [0.5, 0.6) is 0 Å². The number of nitrogens with zero attached hydrogens (tertiary/aromatic N) is 2. The molecule has 1 aliphatic heterocycles. The summed E-state index contributed by atoms with van der Waals surface area (Å²) in [5, 5.41) is 2.35. The number of halogens is 2. The van der Waals surface area contributed by atoms with E-state index in [0.717, 1.165) is 31.6 Å². The maximum atomic E-state index is 13.7. The van der Waals surface area contributed by atoms with Gasteiger partial charge in [-0.3, -0.25) is 4.90 Å². The van der Waals surface area contributed by atoms with Crippen LogP contribution in [-0.4, -0.2) is 61.3 Å². The van der Waals surface area contributed by atoms with Crippen molar-refractivity contribution < 1.29 is 18.3 Å². The Morgan fingerprint density at radius 1 is 1.29 bits per heavy atom. The topological polar surface area (TPSA) is 44.8 Å². The second-order valence-corrected chi connectivity index (χ2v) is 5.77. The summed E-state index contributed by atoms with van der Waals surface area (Å²) >= 11 is 0. The molecule has 134 valence electrons. The van der Waals surface area contributed by atoms with Gasteiger partial charge in [0.25, 0.3) is 0 Å². The molecule has 1 unspecified atom stereocenters. The maximum Gasteiger partial charge on any atom is 0.322 e. The van der Waals surface area contributed by atoms with Crippen LogP contribution in [0.15, 0.2) is 18.2 Å². The van der Waals surface area contributed by atoms with Crippen molar-refractivity contribution in [3.8, 4) is 0 Å². The van der Waals surface area contributed by atoms with Crippen LogP contribution in [-0.2, 0) is 4.74 Å². The summed E-state index contributed by atoms with van der Waals surface area (Å²) in [7, 11) is 0. The number of piperazine rings is 1. The molecule has 1 aromatic carbocycles. The molecule has 24 heavy (non-hydrogen) atoms. The normalized spacial score (nSPS) is 18.7. The summed E-state index contributed by atoms with van der Waals surface area (Å²) in [4.78, 5) is 16.2. The fourth-order valence-corrected chi connectivity index (χ4v) is 2.89. The fourth-order valence-electron chi connectivity index (χ4n) is 2.89. The molecule has 0 aromatic heterocycles. The van der Waals surface area contributed by atoms with Gasteiger partial charge in [-0.05, 0) is 25.5 Å². The number of nitrogens with one attached hydrogen (secondary N) is 1. The van der Waals surface area contributed by atoms with E-state index in [2.05, 4.69) is 17.1 Å². The van der Waals surface area contributed by atoms with Gasteiger partial charge in [0.15, 0.2) is 0 Å². The highest BCUT2D eigenvalue weighted by molar-refractivity contribution is 5.89. The second kappa shape index (κ2) is 8.94. The highest BCUT2D eigenvalue weighted by Crippen LogP contribution is 2.20. The van der Waals surface area contributed by atoms with Crippen molar-refractivity contribution in [2.75, 3.05) is 44.7 Å². The Labute approximate surface area is 141 Å². The van der Waals surface area contributed by atoms with Gasteiger partial charge in [-0.15, -0.1) is 0 Å². The Morgan fingerprint density at radius 3 is 2.62 bits per heavy atom. The van der Waals surface area contributed by atoms with Crippen molar-refractivity contribution in [3.63, 3.8) is 0 Å². The Bertz CT molecular complexity index is 536. The van der Waals surface area contributed by atoms with Crippen molar-refractivity contribution in [3.05, 3.63) is 29.8 Å². The van der Waals surface area contributed by atoms with Crippen molar-refractivity contribution in [2.24, 2.45) is 0 Å². The SMILES string of the molecule is CCOCCN1CCN(C(=O)Nc2c(F)cccc2F)CC1CC. The first-order valence-electron chi connectivity index (χ1n) is 8.38. The number of rotatable bonds is 6. The zero-order chi connectivity index (χ0) is 17.5. The number of ether oxygens (including phenoxy) is 1. The highest BCUT2D eigenvalue weighted by Gasteiger charge is 2.28. The number of urea groups is 1. The van der Waals surface area contributed by atoms with E-state index in [-0.39, 0.29) is 6.04 Å². The van der Waals surface area contributed by atoms with E-state index in [1.54, 1.807) is 4.90 Å². The average molecular weight is 341 g/mol. The van der Waals surface area contributed by atoms with E-state index in [1.165, 1.54) is 6.07 Å². The first-order chi connectivity index (χ1) is 11.6. The first kappa shape index (κ1) is 18.6.